The highest BCUT2D eigenvalue weighted by atomic mass is 31.2. The smallest absolute Gasteiger partial charge is 0.306 e. The molecule has 0 aromatic carbocycles. The van der Waals surface area contributed by atoms with Crippen LogP contribution in [0.2, 0.25) is 0 Å². The second kappa shape index (κ2) is 57.0. The van der Waals surface area contributed by atoms with E-state index in [4.69, 9.17) is 13.8 Å². The Labute approximate surface area is 477 Å². The number of allylic oxidation sites excluding steroid dienone is 9. The zero-order valence-electron chi connectivity index (χ0n) is 51.4. The Bertz CT molecular complexity index is 1500. The van der Waals surface area contributed by atoms with Crippen molar-refractivity contribution in [1.82, 2.24) is 5.32 Å². The number of hydrogen-bond acceptors (Lipinski definition) is 7. The Morgan fingerprint density at radius 2 is 0.792 bits per heavy atom. The van der Waals surface area contributed by atoms with Gasteiger partial charge in [0.2, 0.25) is 5.91 Å². The van der Waals surface area contributed by atoms with E-state index in [1.165, 1.54) is 186 Å². The molecule has 3 unspecified atom stereocenters. The minimum absolute atomic E-state index is 0.0225. The number of likely N-dealkylation sites (N-methyl/N-ethyl adjacent to an activating group) is 1. The third-order valence-electron chi connectivity index (χ3n) is 14.5. The average molecular weight is 1100 g/mol. The van der Waals surface area contributed by atoms with Crippen molar-refractivity contribution in [1.29, 1.82) is 0 Å². The van der Waals surface area contributed by atoms with Crippen LogP contribution in [0, 0.1) is 0 Å². The van der Waals surface area contributed by atoms with Crippen molar-refractivity contribution in [3.05, 3.63) is 60.8 Å². The number of esters is 1. The molecule has 0 fully saturated rings. The van der Waals surface area contributed by atoms with Gasteiger partial charge in [-0.15, -0.1) is 0 Å². The highest BCUT2D eigenvalue weighted by Gasteiger charge is 2.27. The molecule has 3 atom stereocenters. The fourth-order valence-electron chi connectivity index (χ4n) is 9.39. The summed E-state index contributed by atoms with van der Waals surface area (Å²) in [6.07, 6.45) is 71.9. The van der Waals surface area contributed by atoms with E-state index in [1.54, 1.807) is 0 Å². The fraction of sp³-hybridized carbons (Fsp3) is 0.821. The molecular weight excluding hydrogens is 976 g/mol. The minimum atomic E-state index is -4.70. The van der Waals surface area contributed by atoms with Crippen LogP contribution >= 0.6 is 7.82 Å². The highest BCUT2D eigenvalue weighted by molar-refractivity contribution is 7.45. The first-order chi connectivity index (χ1) is 37.4. The summed E-state index contributed by atoms with van der Waals surface area (Å²) in [5.41, 5.74) is 0. The van der Waals surface area contributed by atoms with Crippen LogP contribution in [0.25, 0.3) is 0 Å². The van der Waals surface area contributed by atoms with Crippen LogP contribution in [0.15, 0.2) is 60.8 Å². The summed E-state index contributed by atoms with van der Waals surface area (Å²) in [6.45, 7) is 6.83. The van der Waals surface area contributed by atoms with Crippen LogP contribution in [0.1, 0.15) is 303 Å². The molecule has 0 aliphatic rings. The van der Waals surface area contributed by atoms with Gasteiger partial charge >= 0.3 is 5.97 Å². The number of carbonyl (C=O) groups excluding carboxylic acids is 2. The summed E-state index contributed by atoms with van der Waals surface area (Å²) < 4.78 is 30.3. The van der Waals surface area contributed by atoms with Crippen LogP contribution in [-0.4, -0.2) is 69.4 Å². The largest absolute Gasteiger partial charge is 0.756 e. The average Bonchev–Trinajstić information content (AvgIpc) is 3.39. The van der Waals surface area contributed by atoms with E-state index >= 15 is 0 Å². The van der Waals surface area contributed by atoms with Gasteiger partial charge in [-0.25, -0.2) is 0 Å². The predicted octanol–water partition coefficient (Wildman–Crippen LogP) is 19.6. The number of phosphoric ester groups is 1. The van der Waals surface area contributed by atoms with E-state index in [0.717, 1.165) is 83.5 Å². The molecule has 0 saturated carbocycles. The second-order valence-electron chi connectivity index (χ2n) is 23.3. The molecule has 9 nitrogen and oxygen atoms in total. The van der Waals surface area contributed by atoms with E-state index in [9.17, 15) is 19.0 Å². The van der Waals surface area contributed by atoms with Gasteiger partial charge in [-0.3, -0.25) is 14.2 Å². The van der Waals surface area contributed by atoms with Gasteiger partial charge in [0.15, 0.2) is 0 Å². The molecule has 0 bridgehead atoms. The molecule has 1 amide bonds. The molecule has 0 heterocycles. The summed E-state index contributed by atoms with van der Waals surface area (Å²) in [6, 6.07) is -0.888. The van der Waals surface area contributed by atoms with Crippen molar-refractivity contribution in [3.63, 3.8) is 0 Å². The number of nitrogens with one attached hydrogen (secondary N) is 1. The summed E-state index contributed by atoms with van der Waals surface area (Å²) in [7, 11) is 1.19. The molecule has 0 aromatic heterocycles. The molecule has 0 rings (SSSR count). The molecule has 0 spiro atoms. The quantitative estimate of drug-likeness (QED) is 0.0212. The molecular formula is C67H125N2O7P. The Morgan fingerprint density at radius 3 is 1.21 bits per heavy atom. The highest BCUT2D eigenvalue weighted by Crippen LogP contribution is 2.38. The SMILES string of the molecule is CCCCC/C=C\C/C=C\C/C=C\C/C=C\CCCCCCCCCCCCCC(=O)NC(COP(=O)([O-])OCC[N+](C)(C)C)C(/C=C/CCCCCCCCCCCCC)OC(=O)CCCCCCCCCCCCC. The lowest BCUT2D eigenvalue weighted by Crippen LogP contribution is -2.47. The molecule has 0 saturated heterocycles. The Balaban J connectivity index is 5.04. The number of carbonyl (C=O) groups is 2. The molecule has 0 aliphatic carbocycles. The minimum Gasteiger partial charge on any atom is -0.756 e. The Kier molecular flexibility index (Phi) is 55.3. The lowest BCUT2D eigenvalue weighted by Gasteiger charge is -2.30. The van der Waals surface area contributed by atoms with Crippen molar-refractivity contribution in [2.24, 2.45) is 0 Å². The second-order valence-corrected chi connectivity index (χ2v) is 24.7. The van der Waals surface area contributed by atoms with Crippen LogP contribution < -0.4 is 10.2 Å². The molecule has 10 heteroatoms. The molecule has 0 radical (unpaired) electrons. The van der Waals surface area contributed by atoms with E-state index < -0.39 is 20.0 Å². The van der Waals surface area contributed by atoms with E-state index in [2.05, 4.69) is 74.7 Å². The number of phosphoric acid groups is 1. The summed E-state index contributed by atoms with van der Waals surface area (Å²) in [5, 5.41) is 3.03. The molecule has 1 N–H and O–H groups in total. The maximum atomic E-state index is 13.5. The number of ether oxygens (including phenoxy) is 1. The molecule has 450 valence electrons. The van der Waals surface area contributed by atoms with Gasteiger partial charge in [0.1, 0.15) is 19.3 Å². The molecule has 0 aromatic rings. The van der Waals surface area contributed by atoms with Crippen molar-refractivity contribution < 1.29 is 37.3 Å². The number of nitrogens with zero attached hydrogens (tertiary/aromatic N) is 1. The van der Waals surface area contributed by atoms with Crippen LogP contribution in [0.3, 0.4) is 0 Å². The fourth-order valence-corrected chi connectivity index (χ4v) is 10.1. The number of rotatable bonds is 59. The van der Waals surface area contributed by atoms with Gasteiger partial charge in [0.25, 0.3) is 7.82 Å². The van der Waals surface area contributed by atoms with E-state index in [0.29, 0.717) is 17.4 Å². The first-order valence-electron chi connectivity index (χ1n) is 32.6. The summed E-state index contributed by atoms with van der Waals surface area (Å²) >= 11 is 0. The lowest BCUT2D eigenvalue weighted by atomic mass is 10.0. The Hall–Kier alpha value is -2.29. The monoisotopic (exact) mass is 1100 g/mol. The first kappa shape index (κ1) is 74.7. The van der Waals surface area contributed by atoms with Crippen molar-refractivity contribution in [3.8, 4) is 0 Å². The summed E-state index contributed by atoms with van der Waals surface area (Å²) in [5.74, 6) is -0.537. The third-order valence-corrected chi connectivity index (χ3v) is 15.4. The number of unbranched alkanes of at least 4 members (excludes halogenated alkanes) is 35. The maximum absolute atomic E-state index is 13.5. The number of quaternary nitrogens is 1. The van der Waals surface area contributed by atoms with E-state index in [1.807, 2.05) is 33.3 Å². The Morgan fingerprint density at radius 1 is 0.455 bits per heavy atom. The predicted molar refractivity (Wildman–Crippen MR) is 330 cm³/mol. The van der Waals surface area contributed by atoms with Crippen LogP contribution in [-0.2, 0) is 27.9 Å². The van der Waals surface area contributed by atoms with Gasteiger partial charge < -0.3 is 28.5 Å². The van der Waals surface area contributed by atoms with Gasteiger partial charge in [0, 0.05) is 12.8 Å². The topological polar surface area (TPSA) is 114 Å². The van der Waals surface area contributed by atoms with E-state index in [-0.39, 0.29) is 31.5 Å². The number of hydrogen-bond donors (Lipinski definition) is 1. The van der Waals surface area contributed by atoms with Crippen molar-refractivity contribution in [2.45, 2.75) is 315 Å². The van der Waals surface area contributed by atoms with Crippen LogP contribution in [0.5, 0.6) is 0 Å². The number of amides is 1. The maximum Gasteiger partial charge on any atom is 0.306 e. The third kappa shape index (κ3) is 58.2. The van der Waals surface area contributed by atoms with Gasteiger partial charge in [-0.1, -0.05) is 275 Å². The van der Waals surface area contributed by atoms with Crippen molar-refractivity contribution >= 4 is 19.7 Å². The van der Waals surface area contributed by atoms with Crippen molar-refractivity contribution in [2.75, 3.05) is 40.9 Å². The normalized spacial score (nSPS) is 14.0. The van der Waals surface area contributed by atoms with Crippen LogP contribution in [0.4, 0.5) is 0 Å². The van der Waals surface area contributed by atoms with Gasteiger partial charge in [-0.05, 0) is 76.7 Å². The standard InChI is InChI=1S/C67H125N2O7P/c1-7-10-13-16-19-22-25-27-28-29-30-31-32-33-34-35-36-37-38-39-40-42-45-47-50-53-56-59-66(70)68-64(63-75-77(72,73)74-62-61-69(4,5)6)65(58-55-52-49-46-44-41-26-23-20-17-14-11-8-2)76-67(71)60-57-54-51-48-43-24-21-18-15-12-9-3/h19,22,27-28,30-31,33-34,55,58,64-65H,7-18,20-21,23-26,29,32,35-54,56-57,59-63H2,1-6H3,(H-,68,70,72,73)/b22-19-,28-27-,31-30-,34-33-,58-55+. The molecule has 0 aliphatic heterocycles. The first-order valence-corrected chi connectivity index (χ1v) is 34.1. The van der Waals surface area contributed by atoms with Gasteiger partial charge in [0.05, 0.1) is 33.8 Å². The zero-order chi connectivity index (χ0) is 56.4. The molecule has 77 heavy (non-hydrogen) atoms. The van der Waals surface area contributed by atoms with Gasteiger partial charge in [-0.2, -0.15) is 0 Å². The lowest BCUT2D eigenvalue weighted by molar-refractivity contribution is -0.870. The zero-order valence-corrected chi connectivity index (χ0v) is 52.3. The summed E-state index contributed by atoms with van der Waals surface area (Å²) in [4.78, 5) is 40.0.